The molecule has 2 aromatic carbocycles. The van der Waals surface area contributed by atoms with Crippen LogP contribution in [0.4, 0.5) is 17.3 Å². The SMILES string of the molecule is CN1CCc2cc(Nc3ncc4c(n3)SC(C)(C)N(c3c(Cl)cccc3Cl)C4=O)ccc2C12CC2. The van der Waals surface area contributed by atoms with Crippen molar-refractivity contribution in [3.63, 3.8) is 0 Å². The van der Waals surface area contributed by atoms with Crippen molar-refractivity contribution < 1.29 is 4.79 Å². The highest BCUT2D eigenvalue weighted by Crippen LogP contribution is 2.54. The van der Waals surface area contributed by atoms with E-state index < -0.39 is 4.87 Å². The third kappa shape index (κ3) is 3.71. The van der Waals surface area contributed by atoms with E-state index in [-0.39, 0.29) is 11.4 Å². The number of hydrogen-bond acceptors (Lipinski definition) is 6. The van der Waals surface area contributed by atoms with Crippen LogP contribution in [0.2, 0.25) is 10.0 Å². The van der Waals surface area contributed by atoms with Crippen molar-refractivity contribution in [2.75, 3.05) is 23.8 Å². The van der Waals surface area contributed by atoms with Crippen LogP contribution in [-0.4, -0.2) is 39.2 Å². The van der Waals surface area contributed by atoms with Gasteiger partial charge in [-0.05, 0) is 75.5 Å². The number of anilines is 3. The first kappa shape index (κ1) is 23.1. The zero-order valence-corrected chi connectivity index (χ0v) is 22.1. The average Bonchev–Trinajstić information content (AvgIpc) is 3.59. The van der Waals surface area contributed by atoms with Gasteiger partial charge in [0.2, 0.25) is 5.95 Å². The Balaban J connectivity index is 1.30. The minimum absolute atomic E-state index is 0.224. The maximum absolute atomic E-state index is 13.6. The Hall–Kier alpha value is -2.32. The lowest BCUT2D eigenvalue weighted by Gasteiger charge is -2.42. The maximum Gasteiger partial charge on any atom is 0.263 e. The van der Waals surface area contributed by atoms with E-state index in [4.69, 9.17) is 28.2 Å². The molecular formula is C26H25Cl2N5OS. The molecule has 2 aliphatic heterocycles. The van der Waals surface area contributed by atoms with E-state index in [1.165, 1.54) is 35.7 Å². The van der Waals surface area contributed by atoms with Crippen LogP contribution in [0.1, 0.15) is 48.2 Å². The van der Waals surface area contributed by atoms with Crippen LogP contribution in [0, 0.1) is 0 Å². The first-order chi connectivity index (χ1) is 16.7. The lowest BCUT2D eigenvalue weighted by Crippen LogP contribution is -2.49. The molecule has 3 heterocycles. The molecule has 0 atom stereocenters. The minimum atomic E-state index is -0.652. The maximum atomic E-state index is 13.6. The highest BCUT2D eigenvalue weighted by atomic mass is 35.5. The molecule has 1 spiro atoms. The molecule has 3 aliphatic rings. The summed E-state index contributed by atoms with van der Waals surface area (Å²) in [7, 11) is 2.23. The normalized spacial score (nSPS) is 19.9. The molecule has 0 radical (unpaired) electrons. The Kier molecular flexibility index (Phi) is 5.35. The van der Waals surface area contributed by atoms with Gasteiger partial charge < -0.3 is 5.32 Å². The smallest absolute Gasteiger partial charge is 0.263 e. The van der Waals surface area contributed by atoms with Crippen LogP contribution < -0.4 is 10.2 Å². The summed E-state index contributed by atoms with van der Waals surface area (Å²) in [5.74, 6) is 0.246. The summed E-state index contributed by atoms with van der Waals surface area (Å²) in [4.78, 5) is 26.2. The molecule has 1 aliphatic carbocycles. The number of nitrogens with zero attached hydrogens (tertiary/aromatic N) is 4. The van der Waals surface area contributed by atoms with Gasteiger partial charge in [0.15, 0.2) is 0 Å². The second kappa shape index (κ2) is 8.10. The molecular weight excluding hydrogens is 501 g/mol. The molecule has 0 bridgehead atoms. The predicted octanol–water partition coefficient (Wildman–Crippen LogP) is 6.49. The number of carbonyl (C=O) groups excluding carboxylic acids is 1. The summed E-state index contributed by atoms with van der Waals surface area (Å²) in [5, 5.41) is 4.83. The summed E-state index contributed by atoms with van der Waals surface area (Å²) in [5.41, 5.74) is 4.97. The van der Waals surface area contributed by atoms with Gasteiger partial charge in [-0.15, -0.1) is 0 Å². The van der Waals surface area contributed by atoms with Crippen LogP contribution in [0.15, 0.2) is 47.6 Å². The molecule has 0 unspecified atom stereocenters. The van der Waals surface area contributed by atoms with Crippen LogP contribution in [0.3, 0.4) is 0 Å². The molecule has 3 aromatic rings. The fourth-order valence-electron chi connectivity index (χ4n) is 5.31. The summed E-state index contributed by atoms with van der Waals surface area (Å²) in [6.45, 7) is 4.99. The second-order valence-corrected chi connectivity index (χ2v) is 12.3. The standard InChI is InChI=1S/C26H25Cl2N5OS/c1-25(2)33(21-19(27)5-4-6-20(21)28)23(34)17-14-29-24(31-22(17)35-25)30-16-7-8-18-15(13-16)9-12-32(3)26(18)10-11-26/h4-8,13-14H,9-12H2,1-3H3,(H,29,30,31). The number of likely N-dealkylation sites (N-methyl/N-ethyl adjacent to an activating group) is 1. The number of nitrogens with one attached hydrogen (secondary N) is 1. The third-order valence-electron chi connectivity index (χ3n) is 7.27. The molecule has 6 rings (SSSR count). The highest BCUT2D eigenvalue weighted by Gasteiger charge is 2.50. The topological polar surface area (TPSA) is 61.4 Å². The van der Waals surface area contributed by atoms with Crippen molar-refractivity contribution in [1.82, 2.24) is 14.9 Å². The number of rotatable bonds is 3. The van der Waals surface area contributed by atoms with Crippen LogP contribution in [0.5, 0.6) is 0 Å². The molecule has 1 saturated carbocycles. The summed E-state index contributed by atoms with van der Waals surface area (Å²) in [6, 6.07) is 11.8. The van der Waals surface area contributed by atoms with Gasteiger partial charge >= 0.3 is 0 Å². The quantitative estimate of drug-likeness (QED) is 0.394. The average molecular weight is 526 g/mol. The van der Waals surface area contributed by atoms with Crippen LogP contribution in [0.25, 0.3) is 0 Å². The van der Waals surface area contributed by atoms with E-state index in [9.17, 15) is 4.79 Å². The number of aromatic nitrogens is 2. The van der Waals surface area contributed by atoms with E-state index in [2.05, 4.69) is 40.4 Å². The molecule has 35 heavy (non-hydrogen) atoms. The first-order valence-corrected chi connectivity index (χ1v) is 13.2. The Morgan fingerprint density at radius 3 is 2.57 bits per heavy atom. The lowest BCUT2D eigenvalue weighted by atomic mass is 9.90. The monoisotopic (exact) mass is 525 g/mol. The van der Waals surface area contributed by atoms with E-state index in [1.54, 1.807) is 29.3 Å². The largest absolute Gasteiger partial charge is 0.324 e. The number of halogens is 2. The Morgan fingerprint density at radius 2 is 1.86 bits per heavy atom. The molecule has 1 aromatic heterocycles. The van der Waals surface area contributed by atoms with Crippen molar-refractivity contribution in [1.29, 1.82) is 0 Å². The number of benzene rings is 2. The molecule has 6 nitrogen and oxygen atoms in total. The van der Waals surface area contributed by atoms with Crippen molar-refractivity contribution in [3.05, 3.63) is 69.3 Å². The van der Waals surface area contributed by atoms with Gasteiger partial charge in [0.05, 0.1) is 26.2 Å². The van der Waals surface area contributed by atoms with E-state index in [0.717, 1.165) is 18.7 Å². The number of carbonyl (C=O) groups is 1. The van der Waals surface area contributed by atoms with Gasteiger partial charge in [-0.2, -0.15) is 0 Å². The van der Waals surface area contributed by atoms with E-state index in [1.807, 2.05) is 13.8 Å². The van der Waals surface area contributed by atoms with Crippen LogP contribution >= 0.6 is 35.0 Å². The minimum Gasteiger partial charge on any atom is -0.324 e. The molecule has 180 valence electrons. The van der Waals surface area contributed by atoms with Crippen molar-refractivity contribution in [2.45, 2.75) is 48.5 Å². The fraction of sp³-hybridized carbons (Fsp3) is 0.346. The molecule has 0 saturated heterocycles. The van der Waals surface area contributed by atoms with Gasteiger partial charge in [-0.25, -0.2) is 9.97 Å². The molecule has 1 amide bonds. The number of fused-ring (bicyclic) bond motifs is 3. The fourth-order valence-corrected chi connectivity index (χ4v) is 7.00. The van der Waals surface area contributed by atoms with Crippen LogP contribution in [-0.2, 0) is 12.0 Å². The van der Waals surface area contributed by atoms with Gasteiger partial charge in [0, 0.05) is 24.0 Å². The van der Waals surface area contributed by atoms with E-state index >= 15 is 0 Å². The highest BCUT2D eigenvalue weighted by molar-refractivity contribution is 8.00. The molecule has 1 N–H and O–H groups in total. The molecule has 1 fully saturated rings. The first-order valence-electron chi connectivity index (χ1n) is 11.7. The zero-order chi connectivity index (χ0) is 24.5. The van der Waals surface area contributed by atoms with Crippen molar-refractivity contribution in [2.24, 2.45) is 0 Å². The van der Waals surface area contributed by atoms with Gasteiger partial charge in [-0.3, -0.25) is 14.6 Å². The molecule has 9 heteroatoms. The number of para-hydroxylation sites is 1. The Bertz CT molecular complexity index is 1350. The predicted molar refractivity (Wildman–Crippen MR) is 142 cm³/mol. The third-order valence-corrected chi connectivity index (χ3v) is 9.06. The number of amides is 1. The van der Waals surface area contributed by atoms with Gasteiger partial charge in [-0.1, -0.05) is 47.1 Å². The lowest BCUT2D eigenvalue weighted by molar-refractivity contribution is 0.0969. The summed E-state index contributed by atoms with van der Waals surface area (Å²) in [6.07, 6.45) is 5.08. The Morgan fingerprint density at radius 1 is 1.11 bits per heavy atom. The van der Waals surface area contributed by atoms with Gasteiger partial charge in [0.1, 0.15) is 5.03 Å². The number of thioether (sulfide) groups is 1. The van der Waals surface area contributed by atoms with Crippen molar-refractivity contribution in [3.8, 4) is 0 Å². The van der Waals surface area contributed by atoms with E-state index in [0.29, 0.717) is 32.3 Å². The Labute approximate surface area is 219 Å². The second-order valence-electron chi connectivity index (χ2n) is 9.87. The van der Waals surface area contributed by atoms with Crippen molar-refractivity contribution >= 4 is 58.2 Å². The summed E-state index contributed by atoms with van der Waals surface area (Å²) >= 11 is 14.4. The summed E-state index contributed by atoms with van der Waals surface area (Å²) < 4.78 is 0. The number of hydrogen-bond donors (Lipinski definition) is 1. The van der Waals surface area contributed by atoms with Gasteiger partial charge in [0.25, 0.3) is 5.91 Å². The zero-order valence-electron chi connectivity index (χ0n) is 19.7.